The summed E-state index contributed by atoms with van der Waals surface area (Å²) in [7, 11) is 4.14. The highest BCUT2D eigenvalue weighted by Crippen LogP contribution is 2.32. The molecule has 1 aromatic rings. The smallest absolute Gasteiger partial charge is 0.220 e. The van der Waals surface area contributed by atoms with E-state index in [1.54, 1.807) is 0 Å². The molecule has 0 aliphatic heterocycles. The number of anilines is 1. The van der Waals surface area contributed by atoms with E-state index < -0.39 is 0 Å². The van der Waals surface area contributed by atoms with Crippen LogP contribution in [-0.4, -0.2) is 38.6 Å². The number of hydrogen-bond acceptors (Lipinski definition) is 4. The molecule has 4 heteroatoms. The molecule has 0 spiro atoms. The lowest BCUT2D eigenvalue weighted by molar-refractivity contribution is 0.344. The second-order valence-corrected chi connectivity index (χ2v) is 7.06. The molecule has 1 aromatic carbocycles. The number of nitrogens with zero attached hydrogens (tertiary/aromatic N) is 2. The zero-order valence-corrected chi connectivity index (χ0v) is 14.6. The highest BCUT2D eigenvalue weighted by atomic mass is 32.1. The monoisotopic (exact) mass is 296 g/mol. The Morgan fingerprint density at radius 2 is 1.65 bits per heavy atom. The van der Waals surface area contributed by atoms with Crippen molar-refractivity contribution in [2.45, 2.75) is 46.0 Å². The van der Waals surface area contributed by atoms with Crippen LogP contribution in [0.2, 0.25) is 0 Å². The third-order valence-corrected chi connectivity index (χ3v) is 4.23. The Morgan fingerprint density at radius 1 is 1.10 bits per heavy atom. The summed E-state index contributed by atoms with van der Waals surface area (Å²) in [4.78, 5) is 16.4. The number of rotatable bonds is 7. The molecule has 0 aliphatic carbocycles. The standard InChI is InChI=1S/C16H28N2OS/c1-7-17(5)10-8-9-11-18(6)13-12(16(2,3)4)15(20)14(13)19/h7-11H2,1-6H3. The van der Waals surface area contributed by atoms with Gasteiger partial charge in [-0.3, -0.25) is 4.79 Å². The van der Waals surface area contributed by atoms with Gasteiger partial charge in [-0.2, -0.15) is 0 Å². The summed E-state index contributed by atoms with van der Waals surface area (Å²) in [5, 5.41) is 0. The van der Waals surface area contributed by atoms with Gasteiger partial charge in [-0.05, 0) is 38.4 Å². The molecule has 0 radical (unpaired) electrons. The van der Waals surface area contributed by atoms with E-state index in [2.05, 4.69) is 44.5 Å². The quantitative estimate of drug-likeness (QED) is 0.570. The highest BCUT2D eigenvalue weighted by Gasteiger charge is 2.29. The fraction of sp³-hybridized carbons (Fsp3) is 0.750. The topological polar surface area (TPSA) is 23.6 Å². The first kappa shape index (κ1) is 17.3. The van der Waals surface area contributed by atoms with E-state index in [1.807, 2.05) is 7.05 Å². The fourth-order valence-corrected chi connectivity index (χ4v) is 2.94. The first-order valence-electron chi connectivity index (χ1n) is 7.43. The lowest BCUT2D eigenvalue weighted by Crippen LogP contribution is -2.35. The van der Waals surface area contributed by atoms with Crippen LogP contribution in [0.25, 0.3) is 0 Å². The molecule has 0 aromatic heterocycles. The zero-order chi connectivity index (χ0) is 15.5. The molecule has 0 heterocycles. The molecule has 0 saturated heterocycles. The Balaban J connectivity index is 2.62. The first-order valence-corrected chi connectivity index (χ1v) is 7.84. The van der Waals surface area contributed by atoms with Gasteiger partial charge in [-0.15, -0.1) is 0 Å². The summed E-state index contributed by atoms with van der Waals surface area (Å²) in [6.45, 7) is 11.6. The van der Waals surface area contributed by atoms with Crippen LogP contribution in [0, 0.1) is 4.51 Å². The minimum absolute atomic E-state index is 0.0446. The Morgan fingerprint density at radius 3 is 2.15 bits per heavy atom. The molecule has 0 N–H and O–H groups in total. The number of hydrogen-bond donors (Lipinski definition) is 0. The lowest BCUT2D eigenvalue weighted by atomic mass is 9.82. The van der Waals surface area contributed by atoms with Crippen LogP contribution in [0.3, 0.4) is 0 Å². The van der Waals surface area contributed by atoms with Crippen molar-refractivity contribution in [1.29, 1.82) is 0 Å². The van der Waals surface area contributed by atoms with Crippen molar-refractivity contribution in [1.82, 2.24) is 4.90 Å². The number of unbranched alkanes of at least 4 members (excludes halogenated alkanes) is 1. The van der Waals surface area contributed by atoms with Crippen LogP contribution in [0.5, 0.6) is 0 Å². The summed E-state index contributed by atoms with van der Waals surface area (Å²) < 4.78 is 0.532. The van der Waals surface area contributed by atoms with Crippen molar-refractivity contribution in [2.75, 3.05) is 38.6 Å². The average molecular weight is 296 g/mol. The molecule has 114 valence electrons. The Hall–Kier alpha value is -0.740. The SMILES string of the molecule is CCN(C)CCCCN(C)c1c(C(C)(C)C)c(=S)c1=O. The van der Waals surface area contributed by atoms with Gasteiger partial charge in [-0.1, -0.05) is 39.9 Å². The van der Waals surface area contributed by atoms with E-state index in [-0.39, 0.29) is 10.8 Å². The van der Waals surface area contributed by atoms with Crippen LogP contribution in [-0.2, 0) is 5.41 Å². The maximum Gasteiger partial charge on any atom is 0.220 e. The van der Waals surface area contributed by atoms with Crippen molar-refractivity contribution < 1.29 is 0 Å². The van der Waals surface area contributed by atoms with E-state index >= 15 is 0 Å². The largest absolute Gasteiger partial charge is 0.371 e. The normalized spacial score (nSPS) is 12.3. The van der Waals surface area contributed by atoms with Crippen molar-refractivity contribution in [3.63, 3.8) is 0 Å². The lowest BCUT2D eigenvalue weighted by Gasteiger charge is -2.30. The van der Waals surface area contributed by atoms with Gasteiger partial charge in [-0.25, -0.2) is 0 Å². The molecule has 0 fully saturated rings. The first-order chi connectivity index (χ1) is 9.20. The highest BCUT2D eigenvalue weighted by molar-refractivity contribution is 7.71. The maximum atomic E-state index is 12.0. The zero-order valence-electron chi connectivity index (χ0n) is 13.7. The Labute approximate surface area is 128 Å². The molecule has 0 bridgehead atoms. The second-order valence-electron chi connectivity index (χ2n) is 6.66. The molecule has 0 atom stereocenters. The van der Waals surface area contributed by atoms with Crippen molar-refractivity contribution in [3.8, 4) is 0 Å². The van der Waals surface area contributed by atoms with Gasteiger partial charge in [0.25, 0.3) is 0 Å². The van der Waals surface area contributed by atoms with Crippen LogP contribution in [0.15, 0.2) is 4.79 Å². The van der Waals surface area contributed by atoms with Gasteiger partial charge in [0.05, 0.1) is 10.2 Å². The summed E-state index contributed by atoms with van der Waals surface area (Å²) in [5.74, 6) is 0. The average Bonchev–Trinajstić information content (AvgIpc) is 2.37. The molecule has 0 unspecified atom stereocenters. The van der Waals surface area contributed by atoms with Crippen molar-refractivity contribution in [3.05, 3.63) is 20.3 Å². The van der Waals surface area contributed by atoms with Gasteiger partial charge in [0.15, 0.2) is 0 Å². The van der Waals surface area contributed by atoms with Crippen molar-refractivity contribution >= 4 is 17.9 Å². The van der Waals surface area contributed by atoms with Crippen LogP contribution in [0.1, 0.15) is 46.1 Å². The Kier molecular flexibility index (Phi) is 5.90. The molecular formula is C16H28N2OS. The van der Waals surface area contributed by atoms with E-state index in [9.17, 15) is 4.79 Å². The molecule has 0 aliphatic rings. The van der Waals surface area contributed by atoms with Crippen LogP contribution in [0.4, 0.5) is 5.69 Å². The molecular weight excluding hydrogens is 268 g/mol. The van der Waals surface area contributed by atoms with Crippen LogP contribution >= 0.6 is 12.2 Å². The summed E-state index contributed by atoms with van der Waals surface area (Å²) in [6.07, 6.45) is 2.26. The van der Waals surface area contributed by atoms with Gasteiger partial charge < -0.3 is 9.80 Å². The van der Waals surface area contributed by atoms with Gasteiger partial charge in [0, 0.05) is 19.2 Å². The predicted octanol–water partition coefficient (Wildman–Crippen LogP) is 3.12. The fourth-order valence-electron chi connectivity index (χ4n) is 2.44. The minimum Gasteiger partial charge on any atom is -0.371 e. The molecule has 0 saturated carbocycles. The third kappa shape index (κ3) is 3.89. The van der Waals surface area contributed by atoms with E-state index in [0.717, 1.165) is 43.7 Å². The van der Waals surface area contributed by atoms with Gasteiger partial charge in [0.1, 0.15) is 0 Å². The Bertz CT molecular complexity index is 509. The van der Waals surface area contributed by atoms with Crippen LogP contribution < -0.4 is 10.3 Å². The third-order valence-electron chi connectivity index (χ3n) is 3.84. The van der Waals surface area contributed by atoms with E-state index in [0.29, 0.717) is 4.51 Å². The molecule has 20 heavy (non-hydrogen) atoms. The second kappa shape index (κ2) is 6.81. The van der Waals surface area contributed by atoms with E-state index in [4.69, 9.17) is 12.2 Å². The van der Waals surface area contributed by atoms with E-state index in [1.165, 1.54) is 0 Å². The minimum atomic E-state index is -0.0446. The summed E-state index contributed by atoms with van der Waals surface area (Å²) in [5.41, 5.74) is 1.91. The predicted molar refractivity (Wildman–Crippen MR) is 90.3 cm³/mol. The molecule has 1 rings (SSSR count). The summed E-state index contributed by atoms with van der Waals surface area (Å²) >= 11 is 5.22. The molecule has 0 amide bonds. The van der Waals surface area contributed by atoms with Crippen molar-refractivity contribution in [2.24, 2.45) is 0 Å². The van der Waals surface area contributed by atoms with Gasteiger partial charge in [0.2, 0.25) is 5.43 Å². The molecule has 3 nitrogen and oxygen atoms in total. The maximum absolute atomic E-state index is 12.0. The summed E-state index contributed by atoms with van der Waals surface area (Å²) in [6, 6.07) is 0. The van der Waals surface area contributed by atoms with Gasteiger partial charge >= 0.3 is 0 Å².